The Morgan fingerprint density at radius 3 is 2.58 bits per heavy atom. The number of amides is 2. The summed E-state index contributed by atoms with van der Waals surface area (Å²) in [5.74, 6) is -0.291. The first-order valence-electron chi connectivity index (χ1n) is 7.92. The quantitative estimate of drug-likeness (QED) is 0.808. The van der Waals surface area contributed by atoms with Gasteiger partial charge in [0.25, 0.3) is 0 Å². The van der Waals surface area contributed by atoms with Crippen LogP contribution in [0.3, 0.4) is 0 Å². The number of hydrogen-bond donors (Lipinski definition) is 3. The van der Waals surface area contributed by atoms with Gasteiger partial charge in [0.15, 0.2) is 0 Å². The van der Waals surface area contributed by atoms with Crippen LogP contribution in [0, 0.1) is 5.82 Å². The number of anilines is 1. The van der Waals surface area contributed by atoms with E-state index in [-0.39, 0.29) is 18.0 Å². The summed E-state index contributed by atoms with van der Waals surface area (Å²) in [5, 5.41) is 8.80. The lowest BCUT2D eigenvalue weighted by atomic mass is 10.1. The molecule has 3 rings (SSSR count). The van der Waals surface area contributed by atoms with Gasteiger partial charge in [-0.05, 0) is 35.4 Å². The highest BCUT2D eigenvalue weighted by atomic mass is 19.1. The highest BCUT2D eigenvalue weighted by molar-refractivity contribution is 5.89. The van der Waals surface area contributed by atoms with E-state index in [4.69, 9.17) is 4.74 Å². The highest BCUT2D eigenvalue weighted by Crippen LogP contribution is 2.20. The van der Waals surface area contributed by atoms with E-state index in [0.29, 0.717) is 18.8 Å². The van der Waals surface area contributed by atoms with Gasteiger partial charge in [0.05, 0.1) is 12.7 Å². The molecule has 24 heavy (non-hydrogen) atoms. The van der Waals surface area contributed by atoms with E-state index >= 15 is 0 Å². The number of carbonyl (C=O) groups is 1. The molecule has 2 amide bonds. The Labute approximate surface area is 140 Å². The van der Waals surface area contributed by atoms with Crippen molar-refractivity contribution in [3.63, 3.8) is 0 Å². The van der Waals surface area contributed by atoms with Crippen LogP contribution < -0.4 is 16.0 Å². The number of rotatable bonds is 4. The summed E-state index contributed by atoms with van der Waals surface area (Å²) in [6.45, 7) is 2.72. The van der Waals surface area contributed by atoms with E-state index in [1.807, 2.05) is 24.3 Å². The second-order valence-corrected chi connectivity index (χ2v) is 5.62. The van der Waals surface area contributed by atoms with E-state index in [9.17, 15) is 9.18 Å². The molecule has 0 aliphatic carbocycles. The van der Waals surface area contributed by atoms with Crippen molar-refractivity contribution in [2.45, 2.75) is 12.6 Å². The highest BCUT2D eigenvalue weighted by Gasteiger charge is 2.15. The maximum atomic E-state index is 12.8. The van der Waals surface area contributed by atoms with Crippen LogP contribution in [0.5, 0.6) is 0 Å². The maximum absolute atomic E-state index is 12.8. The largest absolute Gasteiger partial charge is 0.371 e. The molecule has 1 aliphatic heterocycles. The summed E-state index contributed by atoms with van der Waals surface area (Å²) < 4.78 is 18.5. The second-order valence-electron chi connectivity index (χ2n) is 5.62. The van der Waals surface area contributed by atoms with Gasteiger partial charge in [-0.25, -0.2) is 9.18 Å². The standard InChI is InChI=1S/C18H20FN3O2/c19-15-5-1-13(2-6-15)11-21-18(23)22-16-7-3-14(4-8-16)17-12-20-9-10-24-17/h1-8,17,20H,9-12H2,(H2,21,22,23)/t17-/m1/s1. The van der Waals surface area contributed by atoms with E-state index in [1.165, 1.54) is 12.1 Å². The molecule has 0 bridgehead atoms. The van der Waals surface area contributed by atoms with Crippen LogP contribution in [-0.2, 0) is 11.3 Å². The van der Waals surface area contributed by atoms with E-state index in [2.05, 4.69) is 16.0 Å². The molecule has 2 aromatic carbocycles. The second kappa shape index (κ2) is 7.90. The van der Waals surface area contributed by atoms with Gasteiger partial charge in [-0.15, -0.1) is 0 Å². The van der Waals surface area contributed by atoms with E-state index in [1.54, 1.807) is 12.1 Å². The number of benzene rings is 2. The van der Waals surface area contributed by atoms with Crippen molar-refractivity contribution in [2.24, 2.45) is 0 Å². The third-order valence-corrected chi connectivity index (χ3v) is 3.83. The Bertz CT molecular complexity index is 668. The minimum Gasteiger partial charge on any atom is -0.371 e. The van der Waals surface area contributed by atoms with E-state index in [0.717, 1.165) is 24.2 Å². The normalized spacial score (nSPS) is 17.3. The number of nitrogens with one attached hydrogen (secondary N) is 3. The zero-order valence-electron chi connectivity index (χ0n) is 13.2. The Kier molecular flexibility index (Phi) is 5.40. The molecular formula is C18H20FN3O2. The SMILES string of the molecule is O=C(NCc1ccc(F)cc1)Nc1ccc([C@H]2CNCCO2)cc1. The molecule has 0 radical (unpaired) electrons. The summed E-state index contributed by atoms with van der Waals surface area (Å²) in [4.78, 5) is 11.9. The minimum atomic E-state index is -0.303. The van der Waals surface area contributed by atoms with Gasteiger partial charge >= 0.3 is 6.03 Å². The Morgan fingerprint density at radius 2 is 1.92 bits per heavy atom. The first-order chi connectivity index (χ1) is 11.7. The number of morpholine rings is 1. The van der Waals surface area contributed by atoms with Gasteiger partial charge in [-0.2, -0.15) is 0 Å². The zero-order chi connectivity index (χ0) is 16.8. The molecule has 2 aromatic rings. The molecule has 1 heterocycles. The predicted octanol–water partition coefficient (Wildman–Crippen LogP) is 2.81. The van der Waals surface area contributed by atoms with Crippen LogP contribution in [0.2, 0.25) is 0 Å². The number of carbonyl (C=O) groups excluding carboxylic acids is 1. The average Bonchev–Trinajstić information content (AvgIpc) is 2.63. The molecular weight excluding hydrogens is 309 g/mol. The van der Waals surface area contributed by atoms with Crippen molar-refractivity contribution < 1.29 is 13.9 Å². The van der Waals surface area contributed by atoms with Crippen molar-refractivity contribution in [1.82, 2.24) is 10.6 Å². The summed E-state index contributed by atoms with van der Waals surface area (Å²) in [6.07, 6.45) is 0.0557. The average molecular weight is 329 g/mol. The molecule has 0 aromatic heterocycles. The van der Waals surface area contributed by atoms with Crippen LogP contribution in [0.4, 0.5) is 14.9 Å². The van der Waals surface area contributed by atoms with Gasteiger partial charge in [-0.1, -0.05) is 24.3 Å². The molecule has 6 heteroatoms. The third kappa shape index (κ3) is 4.53. The molecule has 1 saturated heterocycles. The zero-order valence-corrected chi connectivity index (χ0v) is 13.2. The first-order valence-corrected chi connectivity index (χ1v) is 7.92. The molecule has 0 unspecified atom stereocenters. The molecule has 1 atom stereocenters. The topological polar surface area (TPSA) is 62.4 Å². The van der Waals surface area contributed by atoms with Crippen LogP contribution in [0.25, 0.3) is 0 Å². The van der Waals surface area contributed by atoms with Crippen LogP contribution >= 0.6 is 0 Å². The number of ether oxygens (including phenoxy) is 1. The summed E-state index contributed by atoms with van der Waals surface area (Å²) >= 11 is 0. The van der Waals surface area contributed by atoms with Crippen LogP contribution in [0.15, 0.2) is 48.5 Å². The fourth-order valence-corrected chi connectivity index (χ4v) is 2.52. The lowest BCUT2D eigenvalue weighted by Gasteiger charge is -2.24. The molecule has 126 valence electrons. The maximum Gasteiger partial charge on any atom is 0.319 e. The van der Waals surface area contributed by atoms with Gasteiger partial charge in [-0.3, -0.25) is 0 Å². The summed E-state index contributed by atoms with van der Waals surface area (Å²) in [6, 6.07) is 13.3. The Balaban J connectivity index is 1.49. The monoisotopic (exact) mass is 329 g/mol. The molecule has 1 fully saturated rings. The molecule has 0 spiro atoms. The smallest absolute Gasteiger partial charge is 0.319 e. The number of halogens is 1. The van der Waals surface area contributed by atoms with Gasteiger partial charge in [0.2, 0.25) is 0 Å². The first kappa shape index (κ1) is 16.4. The number of hydrogen-bond acceptors (Lipinski definition) is 3. The Hall–Kier alpha value is -2.44. The van der Waals surface area contributed by atoms with E-state index < -0.39 is 0 Å². The fraction of sp³-hybridized carbons (Fsp3) is 0.278. The minimum absolute atomic E-state index is 0.0557. The van der Waals surface area contributed by atoms with Crippen molar-refractivity contribution in [3.8, 4) is 0 Å². The summed E-state index contributed by atoms with van der Waals surface area (Å²) in [5.41, 5.74) is 2.63. The number of urea groups is 1. The van der Waals surface area contributed by atoms with Gasteiger partial charge in [0.1, 0.15) is 5.82 Å². The molecule has 0 saturated carbocycles. The summed E-state index contributed by atoms with van der Waals surface area (Å²) in [7, 11) is 0. The lowest BCUT2D eigenvalue weighted by Crippen LogP contribution is -2.33. The van der Waals surface area contributed by atoms with Crippen molar-refractivity contribution in [2.75, 3.05) is 25.0 Å². The van der Waals surface area contributed by atoms with Gasteiger partial charge in [0, 0.05) is 25.3 Å². The lowest BCUT2D eigenvalue weighted by molar-refractivity contribution is 0.0277. The van der Waals surface area contributed by atoms with Crippen molar-refractivity contribution in [3.05, 3.63) is 65.5 Å². The predicted molar refractivity (Wildman–Crippen MR) is 90.3 cm³/mol. The van der Waals surface area contributed by atoms with Crippen LogP contribution in [0.1, 0.15) is 17.2 Å². The van der Waals surface area contributed by atoms with Crippen molar-refractivity contribution in [1.29, 1.82) is 0 Å². The Morgan fingerprint density at radius 1 is 1.17 bits per heavy atom. The van der Waals surface area contributed by atoms with Crippen molar-refractivity contribution >= 4 is 11.7 Å². The molecule has 1 aliphatic rings. The fourth-order valence-electron chi connectivity index (χ4n) is 2.52. The third-order valence-electron chi connectivity index (χ3n) is 3.83. The molecule has 5 nitrogen and oxygen atoms in total. The molecule has 3 N–H and O–H groups in total. The van der Waals surface area contributed by atoms with Gasteiger partial charge < -0.3 is 20.7 Å². The van der Waals surface area contributed by atoms with Crippen LogP contribution in [-0.4, -0.2) is 25.7 Å².